The Labute approximate surface area is 155 Å². The number of aromatic nitrogens is 4. The summed E-state index contributed by atoms with van der Waals surface area (Å²) in [5.74, 6) is 1.63. The van der Waals surface area contributed by atoms with Gasteiger partial charge >= 0.3 is 0 Å². The number of pyridine rings is 1. The summed E-state index contributed by atoms with van der Waals surface area (Å²) in [5, 5.41) is 7.33. The van der Waals surface area contributed by atoms with Gasteiger partial charge in [-0.15, -0.1) is 0 Å². The zero-order chi connectivity index (χ0) is 17.8. The number of aromatic amines is 1. The van der Waals surface area contributed by atoms with Gasteiger partial charge in [0.15, 0.2) is 10.9 Å². The molecule has 3 aromatic heterocycles. The maximum atomic E-state index is 13.0. The van der Waals surface area contributed by atoms with Crippen molar-refractivity contribution < 1.29 is 9.21 Å². The minimum atomic E-state index is -0.0729. The zero-order valence-electron chi connectivity index (χ0n) is 14.2. The van der Waals surface area contributed by atoms with E-state index in [0.717, 1.165) is 42.4 Å². The topological polar surface area (TPSA) is 87.9 Å². The molecular weight excluding hydrogens is 350 g/mol. The normalized spacial score (nSPS) is 17.4. The summed E-state index contributed by atoms with van der Waals surface area (Å²) in [6.45, 7) is 0.725. The second-order valence-corrected chi connectivity index (χ2v) is 7.07. The molecule has 0 bridgehead atoms. The third kappa shape index (κ3) is 3.65. The van der Waals surface area contributed by atoms with E-state index >= 15 is 0 Å². The lowest BCUT2D eigenvalue weighted by Gasteiger charge is -2.34. The number of carbonyl (C=O) groups excluding carboxylic acids is 1. The molecule has 1 N–H and O–H groups in total. The Hall–Kier alpha value is -2.61. The molecule has 8 heteroatoms. The lowest BCUT2D eigenvalue weighted by atomic mass is 9.98. The quantitative estimate of drug-likeness (QED) is 0.693. The number of thioether (sulfide) groups is 1. The lowest BCUT2D eigenvalue weighted by molar-refractivity contribution is 0.0572. The van der Waals surface area contributed by atoms with Gasteiger partial charge in [-0.05, 0) is 43.5 Å². The first-order valence-corrected chi connectivity index (χ1v) is 9.58. The van der Waals surface area contributed by atoms with Crippen LogP contribution in [-0.4, -0.2) is 37.5 Å². The monoisotopic (exact) mass is 369 g/mol. The van der Waals surface area contributed by atoms with Crippen molar-refractivity contribution >= 4 is 17.7 Å². The van der Waals surface area contributed by atoms with E-state index in [0.29, 0.717) is 11.5 Å². The summed E-state index contributed by atoms with van der Waals surface area (Å²) in [6.07, 6.45) is 6.27. The minimum absolute atomic E-state index is 0.00886. The van der Waals surface area contributed by atoms with Crippen molar-refractivity contribution in [1.82, 2.24) is 25.1 Å². The summed E-state index contributed by atoms with van der Waals surface area (Å²) in [6, 6.07) is 9.45. The van der Waals surface area contributed by atoms with E-state index in [4.69, 9.17) is 4.42 Å². The van der Waals surface area contributed by atoms with Crippen molar-refractivity contribution in [2.75, 3.05) is 6.54 Å². The summed E-state index contributed by atoms with van der Waals surface area (Å²) in [5.41, 5.74) is 0.938. The maximum Gasteiger partial charge on any atom is 0.290 e. The molecule has 1 saturated heterocycles. The van der Waals surface area contributed by atoms with Crippen molar-refractivity contribution in [1.29, 1.82) is 0 Å². The van der Waals surface area contributed by atoms with Gasteiger partial charge in [0.05, 0.1) is 17.5 Å². The fourth-order valence-corrected chi connectivity index (χ4v) is 3.84. The molecule has 0 aromatic carbocycles. The number of furan rings is 1. The molecule has 0 radical (unpaired) electrons. The molecule has 7 nitrogen and oxygen atoms in total. The molecule has 0 spiro atoms. The fourth-order valence-electron chi connectivity index (χ4n) is 3.17. The number of carbonyl (C=O) groups is 1. The van der Waals surface area contributed by atoms with Crippen LogP contribution >= 0.6 is 11.8 Å². The minimum Gasteiger partial charge on any atom is -0.455 e. The number of nitrogens with one attached hydrogen (secondary N) is 1. The molecule has 0 saturated carbocycles. The molecule has 1 fully saturated rings. The first kappa shape index (κ1) is 16.8. The van der Waals surface area contributed by atoms with Crippen molar-refractivity contribution in [2.24, 2.45) is 0 Å². The van der Waals surface area contributed by atoms with Gasteiger partial charge in [0, 0.05) is 12.7 Å². The van der Waals surface area contributed by atoms with Crippen LogP contribution in [0.5, 0.6) is 0 Å². The van der Waals surface area contributed by atoms with Gasteiger partial charge in [0.2, 0.25) is 0 Å². The molecule has 3 aromatic rings. The van der Waals surface area contributed by atoms with Gasteiger partial charge in [0.1, 0.15) is 12.1 Å². The van der Waals surface area contributed by atoms with Crippen LogP contribution in [0.3, 0.4) is 0 Å². The number of likely N-dealkylation sites (tertiary alicyclic amines) is 1. The number of rotatable bonds is 5. The molecule has 1 aliphatic heterocycles. The highest BCUT2D eigenvalue weighted by Crippen LogP contribution is 2.31. The molecule has 4 heterocycles. The SMILES string of the molecule is O=C(c1ccc(CSc2ncn[nH]2)o1)N1CCCCC1c1ccccn1. The van der Waals surface area contributed by atoms with Crippen molar-refractivity contribution in [3.63, 3.8) is 0 Å². The smallest absolute Gasteiger partial charge is 0.290 e. The number of nitrogens with zero attached hydrogens (tertiary/aromatic N) is 4. The van der Waals surface area contributed by atoms with Crippen molar-refractivity contribution in [3.05, 3.63) is 60.1 Å². The van der Waals surface area contributed by atoms with Crippen LogP contribution in [-0.2, 0) is 5.75 Å². The summed E-state index contributed by atoms with van der Waals surface area (Å²) in [7, 11) is 0. The second kappa shape index (κ2) is 7.74. The van der Waals surface area contributed by atoms with Gasteiger partial charge in [-0.25, -0.2) is 4.98 Å². The average molecular weight is 369 g/mol. The second-order valence-electron chi connectivity index (χ2n) is 6.11. The maximum absolute atomic E-state index is 13.0. The van der Waals surface area contributed by atoms with Crippen LogP contribution in [0.4, 0.5) is 0 Å². The molecule has 1 aliphatic rings. The molecule has 1 amide bonds. The summed E-state index contributed by atoms with van der Waals surface area (Å²) < 4.78 is 5.79. The zero-order valence-corrected chi connectivity index (χ0v) is 15.0. The number of hydrogen-bond donors (Lipinski definition) is 1. The Kier molecular flexibility index (Phi) is 5.01. The molecule has 0 aliphatic carbocycles. The van der Waals surface area contributed by atoms with E-state index in [2.05, 4.69) is 20.2 Å². The van der Waals surface area contributed by atoms with E-state index in [-0.39, 0.29) is 11.9 Å². The summed E-state index contributed by atoms with van der Waals surface area (Å²) in [4.78, 5) is 23.4. The standard InChI is InChI=1S/C18H19N5O2S/c24-17(16-8-7-13(25-16)11-26-18-20-12-21-22-18)23-10-4-2-6-15(23)14-5-1-3-9-19-14/h1,3,5,7-9,12,15H,2,4,6,10-11H2,(H,20,21,22). The molecule has 134 valence electrons. The van der Waals surface area contributed by atoms with E-state index in [1.807, 2.05) is 29.2 Å². The van der Waals surface area contributed by atoms with Gasteiger partial charge in [-0.1, -0.05) is 17.8 Å². The fraction of sp³-hybridized carbons (Fsp3) is 0.333. The number of H-pyrrole nitrogens is 1. The van der Waals surface area contributed by atoms with Gasteiger partial charge in [-0.3, -0.25) is 14.9 Å². The molecule has 26 heavy (non-hydrogen) atoms. The molecular formula is C18H19N5O2S. The third-order valence-corrected chi connectivity index (χ3v) is 5.31. The highest BCUT2D eigenvalue weighted by molar-refractivity contribution is 7.98. The Morgan fingerprint density at radius 3 is 3.04 bits per heavy atom. The first-order valence-electron chi connectivity index (χ1n) is 8.60. The van der Waals surface area contributed by atoms with Crippen molar-refractivity contribution in [2.45, 2.75) is 36.2 Å². The van der Waals surface area contributed by atoms with Crippen LogP contribution in [0.25, 0.3) is 0 Å². The lowest BCUT2D eigenvalue weighted by Crippen LogP contribution is -2.38. The Bertz CT molecular complexity index is 850. The van der Waals surface area contributed by atoms with Gasteiger partial charge < -0.3 is 9.32 Å². The van der Waals surface area contributed by atoms with Crippen LogP contribution in [0, 0.1) is 0 Å². The van der Waals surface area contributed by atoms with Gasteiger partial charge in [-0.2, -0.15) is 5.10 Å². The number of piperidine rings is 1. The van der Waals surface area contributed by atoms with Crippen LogP contribution in [0.1, 0.15) is 47.3 Å². The largest absolute Gasteiger partial charge is 0.455 e. The average Bonchev–Trinajstić information content (AvgIpc) is 3.38. The highest BCUT2D eigenvalue weighted by Gasteiger charge is 2.31. The Balaban J connectivity index is 1.47. The predicted octanol–water partition coefficient (Wildman–Crippen LogP) is 3.45. The highest BCUT2D eigenvalue weighted by atomic mass is 32.2. The van der Waals surface area contributed by atoms with Crippen molar-refractivity contribution in [3.8, 4) is 0 Å². The van der Waals surface area contributed by atoms with E-state index in [1.165, 1.54) is 18.1 Å². The first-order chi connectivity index (χ1) is 12.8. The third-order valence-electron chi connectivity index (χ3n) is 4.41. The van der Waals surface area contributed by atoms with Crippen LogP contribution in [0.15, 0.2) is 52.4 Å². The van der Waals surface area contributed by atoms with E-state index in [1.54, 1.807) is 12.3 Å². The predicted molar refractivity (Wildman–Crippen MR) is 96.5 cm³/mol. The van der Waals surface area contributed by atoms with Gasteiger partial charge in [0.25, 0.3) is 5.91 Å². The van der Waals surface area contributed by atoms with E-state index in [9.17, 15) is 4.79 Å². The number of hydrogen-bond acceptors (Lipinski definition) is 6. The molecule has 4 rings (SSSR count). The van der Waals surface area contributed by atoms with Crippen LogP contribution < -0.4 is 0 Å². The number of amides is 1. The molecule has 1 unspecified atom stereocenters. The molecule has 1 atom stereocenters. The Morgan fingerprint density at radius 1 is 1.27 bits per heavy atom. The van der Waals surface area contributed by atoms with E-state index < -0.39 is 0 Å². The Morgan fingerprint density at radius 2 is 2.23 bits per heavy atom. The summed E-state index contributed by atoms with van der Waals surface area (Å²) >= 11 is 1.48. The van der Waals surface area contributed by atoms with Crippen LogP contribution in [0.2, 0.25) is 0 Å².